The van der Waals surface area contributed by atoms with Crippen molar-refractivity contribution in [3.05, 3.63) is 95.6 Å². The van der Waals surface area contributed by atoms with Gasteiger partial charge in [0.2, 0.25) is 0 Å². The van der Waals surface area contributed by atoms with E-state index >= 15 is 0 Å². The third kappa shape index (κ3) is 4.67. The van der Waals surface area contributed by atoms with Crippen molar-refractivity contribution >= 4 is 34.5 Å². The van der Waals surface area contributed by atoms with E-state index in [1.54, 1.807) is 12.1 Å². The Morgan fingerprint density at radius 2 is 1.48 bits per heavy atom. The molecule has 2 amide bonds. The van der Waals surface area contributed by atoms with Crippen LogP contribution < -0.4 is 16.0 Å². The van der Waals surface area contributed by atoms with Crippen LogP contribution in [0.2, 0.25) is 0 Å². The molecule has 1 aliphatic heterocycles. The summed E-state index contributed by atoms with van der Waals surface area (Å²) in [7, 11) is 0. The van der Waals surface area contributed by atoms with E-state index < -0.39 is 0 Å². The fourth-order valence-electron chi connectivity index (χ4n) is 3.87. The number of para-hydroxylation sites is 1. The van der Waals surface area contributed by atoms with E-state index in [2.05, 4.69) is 36.7 Å². The Balaban J connectivity index is 1.67. The molecule has 3 aromatic rings. The maximum absolute atomic E-state index is 12.9. The second kappa shape index (κ2) is 9.33. The van der Waals surface area contributed by atoms with E-state index in [1.165, 1.54) is 0 Å². The number of carbonyl (C=O) groups excluding carboxylic acids is 2. The first-order chi connectivity index (χ1) is 15.9. The van der Waals surface area contributed by atoms with Gasteiger partial charge in [-0.25, -0.2) is 0 Å². The molecule has 4 rings (SSSR count). The molecule has 0 aromatic heterocycles. The molecule has 33 heavy (non-hydrogen) atoms. The summed E-state index contributed by atoms with van der Waals surface area (Å²) in [5.41, 5.74) is 5.07. The van der Waals surface area contributed by atoms with Crippen LogP contribution >= 0.6 is 0 Å². The number of amides is 2. The highest BCUT2D eigenvalue weighted by molar-refractivity contribution is 6.37. The number of anilines is 2. The van der Waals surface area contributed by atoms with Crippen molar-refractivity contribution in [2.75, 3.05) is 10.6 Å². The van der Waals surface area contributed by atoms with Gasteiger partial charge < -0.3 is 16.0 Å². The fourth-order valence-corrected chi connectivity index (χ4v) is 3.87. The summed E-state index contributed by atoms with van der Waals surface area (Å²) >= 11 is 0. The van der Waals surface area contributed by atoms with Crippen LogP contribution in [0.3, 0.4) is 0 Å². The fraction of sp³-hybridized carbons (Fsp3) is 0.214. The van der Waals surface area contributed by atoms with Crippen LogP contribution in [-0.4, -0.2) is 17.4 Å². The normalized spacial score (nSPS) is 14.3. The lowest BCUT2D eigenvalue weighted by atomic mass is 9.95. The number of fused-ring (bicyclic) bond motifs is 1. The minimum absolute atomic E-state index is 0.0847. The summed E-state index contributed by atoms with van der Waals surface area (Å²) in [5, 5.41) is 9.52. The average molecular weight is 440 g/mol. The number of hydrogen-bond acceptors (Lipinski definition) is 3. The summed E-state index contributed by atoms with van der Waals surface area (Å²) < 4.78 is 0. The molecule has 0 atom stereocenters. The van der Waals surface area contributed by atoms with Crippen LogP contribution in [0.5, 0.6) is 0 Å². The SMILES string of the molecule is CCC(C)(CC)NC(=O)c1ccc(N/C(=C2\C(=O)Nc3ccccc32)c2ccccc2)cc1. The van der Waals surface area contributed by atoms with Gasteiger partial charge in [0.25, 0.3) is 11.8 Å². The van der Waals surface area contributed by atoms with Gasteiger partial charge in [-0.05, 0) is 55.7 Å². The molecule has 0 fully saturated rings. The Morgan fingerprint density at radius 3 is 2.15 bits per heavy atom. The Morgan fingerprint density at radius 1 is 0.848 bits per heavy atom. The van der Waals surface area contributed by atoms with Gasteiger partial charge in [-0.1, -0.05) is 62.4 Å². The lowest BCUT2D eigenvalue weighted by molar-refractivity contribution is -0.110. The molecule has 5 nitrogen and oxygen atoms in total. The first-order valence-corrected chi connectivity index (χ1v) is 11.3. The van der Waals surface area contributed by atoms with Crippen molar-refractivity contribution in [2.45, 2.75) is 39.2 Å². The van der Waals surface area contributed by atoms with Gasteiger partial charge in [0, 0.05) is 28.0 Å². The molecule has 0 radical (unpaired) electrons. The van der Waals surface area contributed by atoms with E-state index in [4.69, 9.17) is 0 Å². The second-order valence-corrected chi connectivity index (χ2v) is 8.54. The molecule has 1 aliphatic rings. The van der Waals surface area contributed by atoms with Crippen molar-refractivity contribution in [3.63, 3.8) is 0 Å². The highest BCUT2D eigenvalue weighted by Gasteiger charge is 2.28. The molecular weight excluding hydrogens is 410 g/mol. The number of hydrogen-bond donors (Lipinski definition) is 3. The minimum atomic E-state index is -0.220. The molecule has 0 aliphatic carbocycles. The third-order valence-corrected chi connectivity index (χ3v) is 6.38. The van der Waals surface area contributed by atoms with Gasteiger partial charge in [0.1, 0.15) is 0 Å². The zero-order valence-corrected chi connectivity index (χ0v) is 19.2. The van der Waals surface area contributed by atoms with E-state index in [1.807, 2.05) is 66.7 Å². The highest BCUT2D eigenvalue weighted by atomic mass is 16.2. The van der Waals surface area contributed by atoms with Gasteiger partial charge in [-0.15, -0.1) is 0 Å². The van der Waals surface area contributed by atoms with E-state index in [0.29, 0.717) is 11.1 Å². The molecule has 1 heterocycles. The Kier molecular flexibility index (Phi) is 6.31. The summed E-state index contributed by atoms with van der Waals surface area (Å²) in [6, 6.07) is 24.8. The molecule has 0 unspecified atom stereocenters. The quantitative estimate of drug-likeness (QED) is 0.400. The number of carbonyl (C=O) groups is 2. The topological polar surface area (TPSA) is 70.2 Å². The molecule has 3 aromatic carbocycles. The number of benzene rings is 3. The first kappa shape index (κ1) is 22.3. The van der Waals surface area contributed by atoms with E-state index in [0.717, 1.165) is 41.0 Å². The monoisotopic (exact) mass is 439 g/mol. The highest BCUT2D eigenvalue weighted by Crippen LogP contribution is 2.37. The van der Waals surface area contributed by atoms with Crippen LogP contribution in [0.25, 0.3) is 11.3 Å². The van der Waals surface area contributed by atoms with Crippen LogP contribution in [0.4, 0.5) is 11.4 Å². The van der Waals surface area contributed by atoms with Crippen molar-refractivity contribution < 1.29 is 9.59 Å². The Bertz CT molecular complexity index is 1190. The van der Waals surface area contributed by atoms with Crippen LogP contribution in [-0.2, 0) is 4.79 Å². The third-order valence-electron chi connectivity index (χ3n) is 6.38. The van der Waals surface area contributed by atoms with Crippen molar-refractivity contribution in [1.82, 2.24) is 5.32 Å². The smallest absolute Gasteiger partial charge is 0.258 e. The van der Waals surface area contributed by atoms with Crippen molar-refractivity contribution in [2.24, 2.45) is 0 Å². The average Bonchev–Trinajstić information content (AvgIpc) is 3.18. The molecule has 0 saturated carbocycles. The number of rotatable bonds is 7. The Labute approximate surface area is 194 Å². The maximum atomic E-state index is 12.9. The molecule has 168 valence electrons. The minimum Gasteiger partial charge on any atom is -0.354 e. The zero-order chi connectivity index (χ0) is 23.4. The van der Waals surface area contributed by atoms with E-state index in [-0.39, 0.29) is 17.4 Å². The van der Waals surface area contributed by atoms with E-state index in [9.17, 15) is 9.59 Å². The van der Waals surface area contributed by atoms with Crippen LogP contribution in [0, 0.1) is 0 Å². The summed E-state index contributed by atoms with van der Waals surface area (Å²) in [6.45, 7) is 6.21. The lowest BCUT2D eigenvalue weighted by Gasteiger charge is -2.28. The predicted octanol–water partition coefficient (Wildman–Crippen LogP) is 5.93. The standard InChI is InChI=1S/C28H29N3O2/c1-4-28(3,5-2)31-26(32)20-15-17-21(18-16-20)29-25(19-11-7-6-8-12-19)24-22-13-9-10-14-23(22)30-27(24)33/h6-18,29H,4-5H2,1-3H3,(H,30,33)(H,31,32)/b25-24-. The summed E-state index contributed by atoms with van der Waals surface area (Å²) in [6.07, 6.45) is 1.73. The number of nitrogens with one attached hydrogen (secondary N) is 3. The van der Waals surface area contributed by atoms with Gasteiger partial charge >= 0.3 is 0 Å². The zero-order valence-electron chi connectivity index (χ0n) is 19.2. The summed E-state index contributed by atoms with van der Waals surface area (Å²) in [5.74, 6) is -0.226. The largest absolute Gasteiger partial charge is 0.354 e. The molecular formula is C28H29N3O2. The summed E-state index contributed by atoms with van der Waals surface area (Å²) in [4.78, 5) is 25.6. The van der Waals surface area contributed by atoms with Crippen molar-refractivity contribution in [1.29, 1.82) is 0 Å². The lowest BCUT2D eigenvalue weighted by Crippen LogP contribution is -2.44. The van der Waals surface area contributed by atoms with Gasteiger partial charge in [0.15, 0.2) is 0 Å². The maximum Gasteiger partial charge on any atom is 0.258 e. The molecule has 0 bridgehead atoms. The first-order valence-electron chi connectivity index (χ1n) is 11.3. The van der Waals surface area contributed by atoms with Crippen molar-refractivity contribution in [3.8, 4) is 0 Å². The molecule has 0 spiro atoms. The van der Waals surface area contributed by atoms with Crippen LogP contribution in [0.15, 0.2) is 78.9 Å². The molecule has 5 heteroatoms. The second-order valence-electron chi connectivity index (χ2n) is 8.54. The van der Waals surface area contributed by atoms with Crippen LogP contribution in [0.1, 0.15) is 55.1 Å². The van der Waals surface area contributed by atoms with Gasteiger partial charge in [-0.2, -0.15) is 0 Å². The van der Waals surface area contributed by atoms with Gasteiger partial charge in [0.05, 0.1) is 11.3 Å². The molecule has 0 saturated heterocycles. The Hall–Kier alpha value is -3.86. The van der Waals surface area contributed by atoms with Gasteiger partial charge in [-0.3, -0.25) is 9.59 Å². The predicted molar refractivity (Wildman–Crippen MR) is 135 cm³/mol. The molecule has 3 N–H and O–H groups in total.